The molecule has 0 spiro atoms. The molecule has 1 nitrogen and oxygen atoms in total. The Bertz CT molecular complexity index is 421. The Morgan fingerprint density at radius 3 is 2.50 bits per heavy atom. The fourth-order valence-corrected chi connectivity index (χ4v) is 1.36. The summed E-state index contributed by atoms with van der Waals surface area (Å²) in [5.74, 6) is -1.25. The number of hydrogen-bond acceptors (Lipinski definition) is 1. The molecule has 0 aliphatic carbocycles. The van der Waals surface area contributed by atoms with Crippen LogP contribution in [0.15, 0.2) is 24.3 Å². The molecule has 1 rings (SSSR count). The van der Waals surface area contributed by atoms with Gasteiger partial charge < -0.3 is 5.32 Å². The zero-order valence-corrected chi connectivity index (χ0v) is 10.2. The van der Waals surface area contributed by atoms with E-state index < -0.39 is 17.6 Å². The van der Waals surface area contributed by atoms with Crippen LogP contribution in [0.5, 0.6) is 0 Å². The molecule has 0 fully saturated rings. The third kappa shape index (κ3) is 4.49. The third-order valence-electron chi connectivity index (χ3n) is 2.25. The van der Waals surface area contributed by atoms with Crippen LogP contribution in [0.25, 0.3) is 6.08 Å². The standard InChI is InChI=1S/C13H15F4N/c1-9(2)18-7-3-4-10-5-6-12(14)11(8-10)13(15,16)17/h3-6,8-9,18H,7H2,1-2H3/b4-3+. The highest BCUT2D eigenvalue weighted by Crippen LogP contribution is 2.32. The van der Waals surface area contributed by atoms with E-state index in [0.717, 1.165) is 12.1 Å². The molecule has 0 unspecified atom stereocenters. The second-order valence-electron chi connectivity index (χ2n) is 4.20. The minimum Gasteiger partial charge on any atom is -0.311 e. The molecule has 0 saturated heterocycles. The summed E-state index contributed by atoms with van der Waals surface area (Å²) in [5, 5.41) is 3.09. The number of alkyl halides is 3. The fourth-order valence-electron chi connectivity index (χ4n) is 1.36. The number of nitrogens with one attached hydrogen (secondary N) is 1. The lowest BCUT2D eigenvalue weighted by Gasteiger charge is -2.08. The Morgan fingerprint density at radius 2 is 1.94 bits per heavy atom. The average Bonchev–Trinajstić information content (AvgIpc) is 2.24. The van der Waals surface area contributed by atoms with Crippen LogP contribution in [0.1, 0.15) is 25.0 Å². The van der Waals surface area contributed by atoms with E-state index in [1.54, 1.807) is 6.08 Å². The van der Waals surface area contributed by atoms with Crippen molar-refractivity contribution in [2.45, 2.75) is 26.1 Å². The van der Waals surface area contributed by atoms with Gasteiger partial charge in [-0.25, -0.2) is 4.39 Å². The van der Waals surface area contributed by atoms with Gasteiger partial charge in [0.2, 0.25) is 0 Å². The van der Waals surface area contributed by atoms with Crippen LogP contribution in [0.3, 0.4) is 0 Å². The summed E-state index contributed by atoms with van der Waals surface area (Å²) in [6.45, 7) is 4.48. The van der Waals surface area contributed by atoms with Crippen LogP contribution in [0.4, 0.5) is 17.6 Å². The van der Waals surface area contributed by atoms with Crippen LogP contribution in [-0.4, -0.2) is 12.6 Å². The van der Waals surface area contributed by atoms with Crippen molar-refractivity contribution >= 4 is 6.08 Å². The number of hydrogen-bond donors (Lipinski definition) is 1. The summed E-state index contributed by atoms with van der Waals surface area (Å²) in [6.07, 6.45) is -1.43. The summed E-state index contributed by atoms with van der Waals surface area (Å²) in [4.78, 5) is 0. The molecule has 0 aromatic heterocycles. The van der Waals surface area contributed by atoms with Crippen molar-refractivity contribution < 1.29 is 17.6 Å². The van der Waals surface area contributed by atoms with Crippen molar-refractivity contribution in [1.29, 1.82) is 0 Å². The Balaban J connectivity index is 2.80. The highest BCUT2D eigenvalue weighted by atomic mass is 19.4. The summed E-state index contributed by atoms with van der Waals surface area (Å²) < 4.78 is 50.3. The Labute approximate surface area is 104 Å². The third-order valence-corrected chi connectivity index (χ3v) is 2.25. The van der Waals surface area contributed by atoms with Gasteiger partial charge in [-0.2, -0.15) is 13.2 Å². The van der Waals surface area contributed by atoms with E-state index in [9.17, 15) is 17.6 Å². The van der Waals surface area contributed by atoms with Gasteiger partial charge in [0.05, 0.1) is 5.56 Å². The number of rotatable bonds is 4. The Kier molecular flexibility index (Phi) is 4.90. The molecule has 1 aromatic carbocycles. The van der Waals surface area contributed by atoms with Gasteiger partial charge in [0.1, 0.15) is 5.82 Å². The SMILES string of the molecule is CC(C)NC/C=C/c1ccc(F)c(C(F)(F)F)c1. The summed E-state index contributed by atoms with van der Waals surface area (Å²) >= 11 is 0. The molecule has 0 bridgehead atoms. The summed E-state index contributed by atoms with van der Waals surface area (Å²) in [6, 6.07) is 3.25. The number of benzene rings is 1. The zero-order valence-electron chi connectivity index (χ0n) is 10.2. The molecular weight excluding hydrogens is 246 g/mol. The van der Waals surface area contributed by atoms with Crippen LogP contribution in [-0.2, 0) is 6.18 Å². The lowest BCUT2D eigenvalue weighted by Crippen LogP contribution is -2.22. The first-order valence-electron chi connectivity index (χ1n) is 5.57. The van der Waals surface area contributed by atoms with Crippen LogP contribution >= 0.6 is 0 Å². The van der Waals surface area contributed by atoms with Gasteiger partial charge in [-0.3, -0.25) is 0 Å². The van der Waals surface area contributed by atoms with Crippen molar-refractivity contribution in [3.8, 4) is 0 Å². The van der Waals surface area contributed by atoms with E-state index in [1.165, 1.54) is 12.1 Å². The number of halogens is 4. The molecule has 100 valence electrons. The predicted molar refractivity (Wildman–Crippen MR) is 63.6 cm³/mol. The molecule has 0 radical (unpaired) electrons. The maximum absolute atomic E-state index is 13.0. The first-order valence-corrected chi connectivity index (χ1v) is 5.57. The quantitative estimate of drug-likeness (QED) is 0.812. The minimum absolute atomic E-state index is 0.300. The van der Waals surface area contributed by atoms with E-state index in [2.05, 4.69) is 5.32 Å². The second kappa shape index (κ2) is 6.00. The van der Waals surface area contributed by atoms with E-state index in [0.29, 0.717) is 18.2 Å². The van der Waals surface area contributed by atoms with E-state index in [1.807, 2.05) is 13.8 Å². The van der Waals surface area contributed by atoms with Gasteiger partial charge in [-0.15, -0.1) is 0 Å². The van der Waals surface area contributed by atoms with Gasteiger partial charge in [0.15, 0.2) is 0 Å². The second-order valence-corrected chi connectivity index (χ2v) is 4.20. The smallest absolute Gasteiger partial charge is 0.311 e. The molecule has 0 amide bonds. The topological polar surface area (TPSA) is 12.0 Å². The van der Waals surface area contributed by atoms with Gasteiger partial charge in [-0.05, 0) is 17.7 Å². The first kappa shape index (κ1) is 14.7. The predicted octanol–water partition coefficient (Wildman–Crippen LogP) is 3.86. The Morgan fingerprint density at radius 1 is 1.28 bits per heavy atom. The lowest BCUT2D eigenvalue weighted by atomic mass is 10.1. The molecule has 18 heavy (non-hydrogen) atoms. The molecule has 1 N–H and O–H groups in total. The lowest BCUT2D eigenvalue weighted by molar-refractivity contribution is -0.140. The van der Waals surface area contributed by atoms with Crippen molar-refractivity contribution in [1.82, 2.24) is 5.32 Å². The van der Waals surface area contributed by atoms with Gasteiger partial charge in [-0.1, -0.05) is 32.1 Å². The fraction of sp³-hybridized carbons (Fsp3) is 0.385. The van der Waals surface area contributed by atoms with Crippen LogP contribution < -0.4 is 5.32 Å². The molecule has 0 heterocycles. The van der Waals surface area contributed by atoms with Gasteiger partial charge in [0, 0.05) is 12.6 Å². The maximum atomic E-state index is 13.0. The van der Waals surface area contributed by atoms with Crippen molar-refractivity contribution in [2.75, 3.05) is 6.54 Å². The zero-order chi connectivity index (χ0) is 13.8. The summed E-state index contributed by atoms with van der Waals surface area (Å²) in [5.41, 5.74) is -0.907. The first-order chi connectivity index (χ1) is 8.30. The highest BCUT2D eigenvalue weighted by Gasteiger charge is 2.33. The van der Waals surface area contributed by atoms with E-state index in [-0.39, 0.29) is 0 Å². The van der Waals surface area contributed by atoms with Crippen molar-refractivity contribution in [3.63, 3.8) is 0 Å². The molecule has 0 saturated carbocycles. The minimum atomic E-state index is -4.66. The van der Waals surface area contributed by atoms with Gasteiger partial charge in [0.25, 0.3) is 0 Å². The molecule has 1 aromatic rings. The monoisotopic (exact) mass is 261 g/mol. The van der Waals surface area contributed by atoms with E-state index >= 15 is 0 Å². The van der Waals surface area contributed by atoms with Gasteiger partial charge >= 0.3 is 6.18 Å². The molecule has 0 aliphatic rings. The molecular formula is C13H15F4N. The maximum Gasteiger partial charge on any atom is 0.419 e. The average molecular weight is 261 g/mol. The molecule has 5 heteroatoms. The van der Waals surface area contributed by atoms with Crippen LogP contribution in [0, 0.1) is 5.82 Å². The van der Waals surface area contributed by atoms with E-state index in [4.69, 9.17) is 0 Å². The Hall–Kier alpha value is -1.36. The summed E-state index contributed by atoms with van der Waals surface area (Å²) in [7, 11) is 0. The highest BCUT2D eigenvalue weighted by molar-refractivity contribution is 5.51. The molecule has 0 aliphatic heterocycles. The normalized spacial score (nSPS) is 12.6. The van der Waals surface area contributed by atoms with Crippen molar-refractivity contribution in [3.05, 3.63) is 41.2 Å². The largest absolute Gasteiger partial charge is 0.419 e. The molecule has 0 atom stereocenters. The van der Waals surface area contributed by atoms with Crippen LogP contribution in [0.2, 0.25) is 0 Å². The van der Waals surface area contributed by atoms with Crippen molar-refractivity contribution in [2.24, 2.45) is 0 Å².